The molecule has 10 heterocycles. The molecule has 17 rings (SSSR count). The Bertz CT molecular complexity index is 4900. The van der Waals surface area contributed by atoms with Crippen LogP contribution >= 0.6 is 0 Å². The molecule has 0 fully saturated rings. The lowest BCUT2D eigenvalue weighted by Crippen LogP contribution is -2.16. The second-order valence-electron chi connectivity index (χ2n) is 20.5. The van der Waals surface area contributed by atoms with Crippen molar-refractivity contribution in [2.45, 2.75) is 0 Å². The van der Waals surface area contributed by atoms with Gasteiger partial charge in [0.1, 0.15) is 11.4 Å². The minimum Gasteiger partial charge on any atom is -0.304 e. The Labute approximate surface area is 468 Å². The number of rotatable bonds is 8. The highest BCUT2D eigenvalue weighted by Crippen LogP contribution is 2.50. The van der Waals surface area contributed by atoms with E-state index in [1.54, 1.807) is 0 Å². The second-order valence-corrected chi connectivity index (χ2v) is 20.5. The number of benzene rings is 7. The van der Waals surface area contributed by atoms with Crippen LogP contribution in [0, 0.1) is 0 Å². The van der Waals surface area contributed by atoms with Gasteiger partial charge in [-0.1, -0.05) is 158 Å². The average molecular weight is 1050 g/mol. The molecule has 0 spiro atoms. The van der Waals surface area contributed by atoms with E-state index >= 15 is 0 Å². The summed E-state index contributed by atoms with van der Waals surface area (Å²) in [6, 6.07) is 82.3. The number of aromatic nitrogens is 11. The molecule has 0 atom stereocenters. The van der Waals surface area contributed by atoms with E-state index in [0.717, 1.165) is 138 Å². The molecular formula is C71H43N11. The fourth-order valence-corrected chi connectivity index (χ4v) is 12.6. The van der Waals surface area contributed by atoms with Crippen LogP contribution in [0.2, 0.25) is 0 Å². The van der Waals surface area contributed by atoms with Gasteiger partial charge in [0.25, 0.3) is 0 Å². The summed E-state index contributed by atoms with van der Waals surface area (Å²) in [6.45, 7) is 0. The first kappa shape index (κ1) is 45.6. The van der Waals surface area contributed by atoms with Crippen molar-refractivity contribution in [2.24, 2.45) is 0 Å². The van der Waals surface area contributed by atoms with Crippen molar-refractivity contribution in [1.29, 1.82) is 0 Å². The predicted octanol–water partition coefficient (Wildman–Crippen LogP) is 16.5. The number of para-hydroxylation sites is 4. The van der Waals surface area contributed by atoms with Gasteiger partial charge in [0.2, 0.25) is 0 Å². The maximum atomic E-state index is 6.35. The van der Waals surface area contributed by atoms with Gasteiger partial charge in [0, 0.05) is 68.6 Å². The molecule has 17 aromatic rings. The summed E-state index contributed by atoms with van der Waals surface area (Å²) in [5.41, 5.74) is 18.5. The molecular weight excluding hydrogens is 1010 g/mol. The molecule has 0 aliphatic heterocycles. The highest BCUT2D eigenvalue weighted by molar-refractivity contribution is 6.14. The summed E-state index contributed by atoms with van der Waals surface area (Å²) in [5, 5.41) is 3.99. The third-order valence-electron chi connectivity index (χ3n) is 16.0. The Hall–Kier alpha value is -11.4. The molecule has 0 aliphatic carbocycles. The maximum absolute atomic E-state index is 6.35. The van der Waals surface area contributed by atoms with E-state index in [9.17, 15) is 0 Å². The molecule has 0 aliphatic rings. The molecule has 11 heteroatoms. The van der Waals surface area contributed by atoms with Gasteiger partial charge in [-0.2, -0.15) is 0 Å². The molecule has 0 amide bonds. The van der Waals surface area contributed by atoms with Gasteiger partial charge < -0.3 is 9.13 Å². The normalized spacial score (nSPS) is 11.9. The van der Waals surface area contributed by atoms with Gasteiger partial charge in [0.15, 0.2) is 17.5 Å². The molecule has 382 valence electrons. The van der Waals surface area contributed by atoms with Crippen molar-refractivity contribution in [3.05, 3.63) is 261 Å². The van der Waals surface area contributed by atoms with E-state index in [4.69, 9.17) is 34.9 Å². The molecule has 10 aromatic heterocycles. The van der Waals surface area contributed by atoms with Gasteiger partial charge in [0.05, 0.1) is 77.6 Å². The molecule has 0 unspecified atom stereocenters. The largest absolute Gasteiger partial charge is 0.304 e. The Balaban J connectivity index is 1.17. The van der Waals surface area contributed by atoms with E-state index in [1.165, 1.54) is 0 Å². The molecule has 0 N–H and O–H groups in total. The molecule has 0 radical (unpaired) electrons. The summed E-state index contributed by atoms with van der Waals surface area (Å²) in [6.07, 6.45) is 7.50. The maximum Gasteiger partial charge on any atom is 0.165 e. The minimum absolute atomic E-state index is 0.558. The van der Waals surface area contributed by atoms with Crippen LogP contribution in [-0.4, -0.2) is 53.2 Å². The lowest BCUT2D eigenvalue weighted by Gasteiger charge is -2.27. The van der Waals surface area contributed by atoms with E-state index in [0.29, 0.717) is 17.5 Å². The van der Waals surface area contributed by atoms with Crippen LogP contribution in [-0.2, 0) is 0 Å². The molecule has 0 saturated carbocycles. The molecule has 11 nitrogen and oxygen atoms in total. The van der Waals surface area contributed by atoms with Crippen molar-refractivity contribution in [1.82, 2.24) is 53.2 Å². The van der Waals surface area contributed by atoms with Crippen molar-refractivity contribution in [2.75, 3.05) is 0 Å². The van der Waals surface area contributed by atoms with Crippen molar-refractivity contribution in [3.8, 4) is 68.0 Å². The lowest BCUT2D eigenvalue weighted by atomic mass is 9.94. The first-order valence-corrected chi connectivity index (χ1v) is 27.3. The van der Waals surface area contributed by atoms with Gasteiger partial charge in [-0.05, 0) is 84.4 Å². The van der Waals surface area contributed by atoms with E-state index in [1.807, 2.05) is 61.2 Å². The molecule has 0 saturated heterocycles. The Kier molecular flexibility index (Phi) is 10.0. The highest BCUT2D eigenvalue weighted by atomic mass is 15.2. The molecule has 0 bridgehead atoms. The Morgan fingerprint density at radius 2 is 0.573 bits per heavy atom. The Morgan fingerprint density at radius 1 is 0.256 bits per heavy atom. The number of nitrogens with zero attached hydrogens (tertiary/aromatic N) is 11. The first-order valence-electron chi connectivity index (χ1n) is 27.3. The first-order chi connectivity index (χ1) is 40.7. The summed E-state index contributed by atoms with van der Waals surface area (Å²) in [5.74, 6) is 1.88. The van der Waals surface area contributed by atoms with Gasteiger partial charge in [-0.25, -0.2) is 15.0 Å². The quantitative estimate of drug-likeness (QED) is 0.149. The van der Waals surface area contributed by atoms with Crippen molar-refractivity contribution < 1.29 is 0 Å². The highest BCUT2D eigenvalue weighted by Gasteiger charge is 2.34. The van der Waals surface area contributed by atoms with Crippen LogP contribution < -0.4 is 0 Å². The smallest absolute Gasteiger partial charge is 0.165 e. The summed E-state index contributed by atoms with van der Waals surface area (Å²) in [7, 11) is 0. The zero-order chi connectivity index (χ0) is 53.8. The molecule has 82 heavy (non-hydrogen) atoms. The average Bonchev–Trinajstić information content (AvgIpc) is 1.80. The van der Waals surface area contributed by atoms with E-state index < -0.39 is 0 Å². The fraction of sp³-hybridized carbons (Fsp3) is 0. The SMILES string of the molecule is c1ccc(-c2cc(-c3ccccc3)nc(-c3ccccc3-c3c(-n4c5ccccc5c5ncccc54)c(-n4c5ccccc5c5ncccc54)nc(-n4c5ccccc5c5ncccc54)c3-n3c4ccccc4c4ncccc43)n2)cc1. The monoisotopic (exact) mass is 1050 g/mol. The third kappa shape index (κ3) is 6.74. The number of fused-ring (bicyclic) bond motifs is 12. The van der Waals surface area contributed by atoms with Crippen LogP contribution in [0.4, 0.5) is 0 Å². The zero-order valence-corrected chi connectivity index (χ0v) is 43.7. The Morgan fingerprint density at radius 3 is 0.976 bits per heavy atom. The minimum atomic E-state index is 0.558. The van der Waals surface area contributed by atoms with Gasteiger partial charge in [-0.15, -0.1) is 0 Å². The predicted molar refractivity (Wildman–Crippen MR) is 330 cm³/mol. The van der Waals surface area contributed by atoms with Crippen LogP contribution in [0.15, 0.2) is 261 Å². The summed E-state index contributed by atoms with van der Waals surface area (Å²) >= 11 is 0. The van der Waals surface area contributed by atoms with Crippen molar-refractivity contribution >= 4 is 87.7 Å². The van der Waals surface area contributed by atoms with Crippen LogP contribution in [0.1, 0.15) is 0 Å². The standard InChI is InChI=1S/C71H43N11/c1-3-21-44(22-4-1)52-43-53(45-23-5-2-6-24-45)77-69(76-52)47-26-8-7-25-46(47)62-67(79-54-31-13-9-27-48(54)63-58(79)35-17-39-72-63)70(81-56-33-15-11-29-50(56)65-60(81)37-19-41-74-65)78-71(82-57-34-16-12-30-51(57)66-61(82)38-20-42-75-66)68(62)80-55-32-14-10-28-49(55)64-59(80)36-18-40-73-64/h1-43H. The fourth-order valence-electron chi connectivity index (χ4n) is 12.6. The van der Waals surface area contributed by atoms with Crippen LogP contribution in [0.5, 0.6) is 0 Å². The van der Waals surface area contributed by atoms with Crippen LogP contribution in [0.3, 0.4) is 0 Å². The van der Waals surface area contributed by atoms with E-state index in [-0.39, 0.29) is 0 Å². The number of hydrogen-bond acceptors (Lipinski definition) is 7. The molecule has 7 aromatic carbocycles. The van der Waals surface area contributed by atoms with Gasteiger partial charge in [-0.3, -0.25) is 29.1 Å². The topological polar surface area (TPSA) is 110 Å². The summed E-state index contributed by atoms with van der Waals surface area (Å²) in [4.78, 5) is 38.1. The van der Waals surface area contributed by atoms with Crippen LogP contribution in [0.25, 0.3) is 156 Å². The van der Waals surface area contributed by atoms with E-state index in [2.05, 4.69) is 218 Å². The third-order valence-corrected chi connectivity index (χ3v) is 16.0. The van der Waals surface area contributed by atoms with Gasteiger partial charge >= 0.3 is 0 Å². The summed E-state index contributed by atoms with van der Waals surface area (Å²) < 4.78 is 9.38. The van der Waals surface area contributed by atoms with Crippen molar-refractivity contribution in [3.63, 3.8) is 0 Å². The lowest BCUT2D eigenvalue weighted by molar-refractivity contribution is 0.960. The zero-order valence-electron chi connectivity index (χ0n) is 43.7. The second kappa shape index (κ2) is 18.1. The number of pyridine rings is 5. The number of hydrogen-bond donors (Lipinski definition) is 0.